The van der Waals surface area contributed by atoms with Gasteiger partial charge < -0.3 is 5.32 Å². The van der Waals surface area contributed by atoms with Crippen molar-refractivity contribution in [1.29, 1.82) is 0 Å². The molecular formula is C55H58FN13O2. The lowest BCUT2D eigenvalue weighted by atomic mass is 10.1. The summed E-state index contributed by atoms with van der Waals surface area (Å²) in [6.45, 7) is 16.5. The van der Waals surface area contributed by atoms with E-state index in [1.54, 1.807) is 46.8 Å². The summed E-state index contributed by atoms with van der Waals surface area (Å²) in [6, 6.07) is 33.3. The van der Waals surface area contributed by atoms with Crippen molar-refractivity contribution >= 4 is 46.9 Å². The van der Waals surface area contributed by atoms with Crippen LogP contribution in [0.3, 0.4) is 0 Å². The molecule has 4 aliphatic rings. The van der Waals surface area contributed by atoms with Crippen molar-refractivity contribution in [3.63, 3.8) is 0 Å². The fourth-order valence-corrected chi connectivity index (χ4v) is 9.61. The first-order valence-corrected chi connectivity index (χ1v) is 24.1. The molecule has 11 rings (SSSR count). The molecule has 0 saturated carbocycles. The van der Waals surface area contributed by atoms with Crippen LogP contribution in [0.5, 0.6) is 0 Å². The maximum atomic E-state index is 14.0. The van der Waals surface area contributed by atoms with Crippen molar-refractivity contribution in [2.75, 3.05) is 42.3 Å². The summed E-state index contributed by atoms with van der Waals surface area (Å²) in [5.41, 5.74) is 9.92. The number of aryl methyl sites for hydroxylation is 2. The molecule has 0 atom stereocenters. The molecule has 71 heavy (non-hydrogen) atoms. The van der Waals surface area contributed by atoms with Crippen molar-refractivity contribution in [2.24, 2.45) is 9.98 Å². The van der Waals surface area contributed by atoms with Gasteiger partial charge in [-0.2, -0.15) is 10.2 Å². The molecule has 0 spiro atoms. The van der Waals surface area contributed by atoms with Gasteiger partial charge in [0.2, 0.25) is 11.9 Å². The fourth-order valence-electron chi connectivity index (χ4n) is 9.61. The molecule has 2 amide bonds. The first-order chi connectivity index (χ1) is 34.0. The number of benzene rings is 3. The van der Waals surface area contributed by atoms with Crippen LogP contribution in [-0.4, -0.2) is 101 Å². The number of carbonyl (C=O) groups is 2. The third-order valence-electron chi connectivity index (χ3n) is 13.1. The molecule has 0 saturated heterocycles. The second-order valence-corrected chi connectivity index (χ2v) is 20.0. The molecule has 16 heteroatoms. The Labute approximate surface area is 413 Å². The number of aliphatic imine (C=N–C) groups is 2. The molecule has 4 aliphatic heterocycles. The molecule has 7 aromatic rings. The number of nitrogens with one attached hydrogen (secondary N) is 1. The van der Waals surface area contributed by atoms with E-state index < -0.39 is 0 Å². The predicted octanol–water partition coefficient (Wildman–Crippen LogP) is 9.52. The summed E-state index contributed by atoms with van der Waals surface area (Å²) < 4.78 is 17.8. The van der Waals surface area contributed by atoms with E-state index in [-0.39, 0.29) is 28.7 Å². The Morgan fingerprint density at radius 3 is 1.80 bits per heavy atom. The normalized spacial score (nSPS) is 16.2. The molecule has 0 radical (unpaired) electrons. The van der Waals surface area contributed by atoms with Crippen LogP contribution in [0.25, 0.3) is 22.5 Å². The summed E-state index contributed by atoms with van der Waals surface area (Å²) in [6.07, 6.45) is 3.52. The van der Waals surface area contributed by atoms with Gasteiger partial charge in [0.05, 0.1) is 54.3 Å². The van der Waals surface area contributed by atoms with E-state index in [4.69, 9.17) is 20.2 Å². The minimum Gasteiger partial charge on any atom is -0.340 e. The summed E-state index contributed by atoms with van der Waals surface area (Å²) in [5.74, 6) is 2.67. The Hall–Kier alpha value is -8.01. The largest absolute Gasteiger partial charge is 0.340 e. The number of amides is 2. The van der Waals surface area contributed by atoms with Crippen molar-refractivity contribution in [1.82, 2.24) is 39.3 Å². The van der Waals surface area contributed by atoms with Gasteiger partial charge in [-0.15, -0.1) is 0 Å². The third-order valence-corrected chi connectivity index (χ3v) is 13.1. The molecule has 0 bridgehead atoms. The molecular weight excluding hydrogens is 894 g/mol. The van der Waals surface area contributed by atoms with Gasteiger partial charge >= 0.3 is 0 Å². The molecule has 1 N–H and O–H groups in total. The zero-order valence-corrected chi connectivity index (χ0v) is 41.7. The molecule has 0 fully saturated rings. The molecule has 15 nitrogen and oxygen atoms in total. The Kier molecular flexibility index (Phi) is 11.9. The van der Waals surface area contributed by atoms with Gasteiger partial charge in [-0.3, -0.25) is 43.8 Å². The van der Waals surface area contributed by atoms with Crippen LogP contribution in [0.2, 0.25) is 0 Å². The number of fused-ring (bicyclic) bond motifs is 6. The van der Waals surface area contributed by atoms with Crippen LogP contribution in [-0.2, 0) is 19.5 Å². The quantitative estimate of drug-likeness (QED) is 0.142. The van der Waals surface area contributed by atoms with E-state index in [1.807, 2.05) is 98.1 Å². The van der Waals surface area contributed by atoms with Gasteiger partial charge in [-0.05, 0) is 107 Å². The summed E-state index contributed by atoms with van der Waals surface area (Å²) in [4.78, 5) is 52.9. The van der Waals surface area contributed by atoms with E-state index in [2.05, 4.69) is 65.2 Å². The molecule has 8 heterocycles. The Balaban J connectivity index is 0.000000166. The minimum absolute atomic E-state index is 0.0201. The van der Waals surface area contributed by atoms with Gasteiger partial charge in [-0.1, -0.05) is 74.0 Å². The number of pyridine rings is 2. The van der Waals surface area contributed by atoms with Crippen LogP contribution in [0, 0.1) is 19.7 Å². The number of hydrogen-bond donors (Lipinski definition) is 1. The number of hydrogen-bond acceptors (Lipinski definition) is 11. The highest BCUT2D eigenvalue weighted by Gasteiger charge is 2.46. The summed E-state index contributed by atoms with van der Waals surface area (Å²) in [5, 5.41) is 13.2. The smallest absolute Gasteiger partial charge is 0.267 e. The van der Waals surface area contributed by atoms with E-state index in [1.165, 1.54) is 6.07 Å². The zero-order valence-electron chi connectivity index (χ0n) is 41.7. The van der Waals surface area contributed by atoms with E-state index in [9.17, 15) is 14.0 Å². The molecule has 0 aliphatic carbocycles. The summed E-state index contributed by atoms with van der Waals surface area (Å²) >= 11 is 0. The highest BCUT2D eigenvalue weighted by Crippen LogP contribution is 2.40. The SMILES string of the molecule is CCCc1c2c(nn1Cc1ccc(-c3cccc(C)n3)cc1)N1CC(C)(C)N=C1N(C)C2=O.Cc1cc(Nc2c3c(nn2Cc2ccc(-c4ccccn4)cc2)N2CC(C)(C)N=C2N(C)C3=O)ccc1F. The van der Waals surface area contributed by atoms with Crippen LogP contribution < -0.4 is 15.1 Å². The van der Waals surface area contributed by atoms with Gasteiger partial charge in [-0.25, -0.2) is 19.1 Å². The van der Waals surface area contributed by atoms with Crippen molar-refractivity contribution < 1.29 is 14.0 Å². The molecule has 3 aromatic carbocycles. The highest BCUT2D eigenvalue weighted by molar-refractivity contribution is 6.21. The van der Waals surface area contributed by atoms with Gasteiger partial charge in [0.1, 0.15) is 22.8 Å². The Bertz CT molecular complexity index is 3260. The van der Waals surface area contributed by atoms with Crippen molar-refractivity contribution in [3.05, 3.63) is 154 Å². The molecule has 362 valence electrons. The number of nitrogens with zero attached hydrogens (tertiary/aromatic N) is 12. The maximum absolute atomic E-state index is 14.0. The lowest BCUT2D eigenvalue weighted by Gasteiger charge is -2.30. The number of carbonyl (C=O) groups excluding carboxylic acids is 2. The number of aromatic nitrogens is 6. The van der Waals surface area contributed by atoms with Gasteiger partial charge in [0.25, 0.3) is 11.8 Å². The van der Waals surface area contributed by atoms with E-state index in [0.717, 1.165) is 69.3 Å². The van der Waals surface area contributed by atoms with E-state index in [0.29, 0.717) is 66.5 Å². The number of rotatable bonds is 10. The van der Waals surface area contributed by atoms with Crippen LogP contribution >= 0.6 is 0 Å². The minimum atomic E-state index is -0.349. The highest BCUT2D eigenvalue weighted by atomic mass is 19.1. The maximum Gasteiger partial charge on any atom is 0.267 e. The lowest BCUT2D eigenvalue weighted by Crippen LogP contribution is -2.48. The Morgan fingerprint density at radius 1 is 0.662 bits per heavy atom. The van der Waals surface area contributed by atoms with Gasteiger partial charge in [0, 0.05) is 42.8 Å². The topological polar surface area (TPSA) is 145 Å². The molecule has 4 aromatic heterocycles. The monoisotopic (exact) mass is 951 g/mol. The summed E-state index contributed by atoms with van der Waals surface area (Å²) in [7, 11) is 3.54. The van der Waals surface area contributed by atoms with Crippen molar-refractivity contribution in [3.8, 4) is 22.5 Å². The third kappa shape index (κ3) is 8.94. The van der Waals surface area contributed by atoms with Crippen LogP contribution in [0.1, 0.15) is 89.8 Å². The number of anilines is 4. The second-order valence-electron chi connectivity index (χ2n) is 20.0. The number of halogens is 1. The first kappa shape index (κ1) is 46.7. The predicted molar refractivity (Wildman–Crippen MR) is 277 cm³/mol. The average molecular weight is 952 g/mol. The average Bonchev–Trinajstić information content (AvgIpc) is 4.09. The fraction of sp³-hybridized carbons (Fsp3) is 0.309. The van der Waals surface area contributed by atoms with Crippen LogP contribution in [0.4, 0.5) is 27.5 Å². The second kappa shape index (κ2) is 18.1. The first-order valence-electron chi connectivity index (χ1n) is 24.1. The van der Waals surface area contributed by atoms with Crippen LogP contribution in [0.15, 0.2) is 119 Å². The van der Waals surface area contributed by atoms with Gasteiger partial charge in [0.15, 0.2) is 11.6 Å². The van der Waals surface area contributed by atoms with Crippen molar-refractivity contribution in [2.45, 2.75) is 85.5 Å². The Morgan fingerprint density at radius 2 is 1.23 bits per heavy atom. The lowest BCUT2D eigenvalue weighted by molar-refractivity contribution is 0.0857. The molecule has 0 unspecified atom stereocenters. The standard InChI is InChI=1S/C29H28FN7O.C26H30N6O/c1-18-15-21(12-13-22(18)30)32-25-24-26(36-17-29(2,3)33-28(36)35(4)27(24)38)34-37(25)16-19-8-10-20(11-9-19)23-7-5-6-14-31-23;1-6-8-21-22-23(31-16-26(3,4)28-25(31)30(5)24(22)33)29-32(21)15-18-11-13-19(14-12-18)20-10-7-9-17(2)27-20/h5-15,32H,16-17H2,1-4H3;7,9-14H,6,8,15-16H2,1-5H3. The zero-order chi connectivity index (χ0) is 49.9. The number of guanidine groups is 2. The van der Waals surface area contributed by atoms with E-state index >= 15 is 0 Å².